The van der Waals surface area contributed by atoms with Crippen LogP contribution in [0.25, 0.3) is 0 Å². The molecule has 5 rings (SSSR count). The third kappa shape index (κ3) is 8.82. The molecule has 0 bridgehead atoms. The zero-order chi connectivity index (χ0) is 34.2. The molecule has 2 aromatic heterocycles. The molecule has 1 aliphatic rings. The lowest BCUT2D eigenvalue weighted by Crippen LogP contribution is -2.47. The van der Waals surface area contributed by atoms with Gasteiger partial charge in [0.2, 0.25) is 5.91 Å². The van der Waals surface area contributed by atoms with Crippen molar-refractivity contribution in [1.29, 1.82) is 0 Å². The highest BCUT2D eigenvalue weighted by Crippen LogP contribution is 2.30. The first-order valence-corrected chi connectivity index (χ1v) is 15.2. The molecular weight excluding hydrogens is 625 g/mol. The molecule has 0 aliphatic carbocycles. The Balaban J connectivity index is 1.23. The van der Waals surface area contributed by atoms with E-state index in [4.69, 9.17) is 15.2 Å². The maximum Gasteiger partial charge on any atom is 0.411 e. The Bertz CT molecular complexity index is 1690. The van der Waals surface area contributed by atoms with E-state index in [1.807, 2.05) is 6.92 Å². The largest absolute Gasteiger partial charge is 0.446 e. The number of hydrogen-bond donors (Lipinski definition) is 4. The highest BCUT2D eigenvalue weighted by Gasteiger charge is 2.30. The Hall–Kier alpha value is -5.11. The Morgan fingerprint density at radius 2 is 1.65 bits per heavy atom. The van der Waals surface area contributed by atoms with Gasteiger partial charge in [0.1, 0.15) is 30.2 Å². The number of benzene rings is 2. The number of carbonyl (C=O) groups is 2. The van der Waals surface area contributed by atoms with E-state index in [-0.39, 0.29) is 24.3 Å². The second kappa shape index (κ2) is 15.7. The average Bonchev–Trinajstić information content (AvgIpc) is 3.08. The van der Waals surface area contributed by atoms with Crippen LogP contribution in [0, 0.1) is 24.4 Å². The number of anilines is 2. The molecule has 1 aliphatic heterocycles. The Morgan fingerprint density at radius 3 is 2.27 bits per heavy atom. The number of ether oxygens (including phenoxy) is 2. The van der Waals surface area contributed by atoms with Crippen LogP contribution < -0.4 is 21.7 Å². The third-order valence-corrected chi connectivity index (χ3v) is 7.86. The molecule has 4 aromatic rings. The summed E-state index contributed by atoms with van der Waals surface area (Å²) in [6.45, 7) is 6.69. The van der Waals surface area contributed by atoms with Crippen molar-refractivity contribution in [1.82, 2.24) is 15.3 Å². The molecule has 10 nitrogen and oxygen atoms in total. The molecule has 2 aromatic carbocycles. The Kier molecular flexibility index (Phi) is 11.2. The van der Waals surface area contributed by atoms with Crippen molar-refractivity contribution in [2.75, 3.05) is 30.3 Å². The summed E-state index contributed by atoms with van der Waals surface area (Å²) < 4.78 is 54.0. The van der Waals surface area contributed by atoms with Crippen LogP contribution in [-0.2, 0) is 20.7 Å². The van der Waals surface area contributed by atoms with E-state index in [0.717, 1.165) is 11.9 Å². The summed E-state index contributed by atoms with van der Waals surface area (Å²) in [4.78, 5) is 33.8. The van der Waals surface area contributed by atoms with Gasteiger partial charge in [0.15, 0.2) is 0 Å². The summed E-state index contributed by atoms with van der Waals surface area (Å²) >= 11 is 0. The van der Waals surface area contributed by atoms with E-state index in [1.165, 1.54) is 60.9 Å². The van der Waals surface area contributed by atoms with Crippen molar-refractivity contribution >= 4 is 23.4 Å². The summed E-state index contributed by atoms with van der Waals surface area (Å²) in [6.07, 6.45) is 2.11. The topological polar surface area (TPSA) is 140 Å². The zero-order valence-corrected chi connectivity index (χ0v) is 26.1. The van der Waals surface area contributed by atoms with Crippen molar-refractivity contribution in [3.63, 3.8) is 0 Å². The molecule has 0 saturated carbocycles. The van der Waals surface area contributed by atoms with E-state index in [0.29, 0.717) is 35.5 Å². The van der Waals surface area contributed by atoms with Crippen molar-refractivity contribution in [2.24, 2.45) is 5.73 Å². The Labute approximate surface area is 275 Å². The van der Waals surface area contributed by atoms with Crippen molar-refractivity contribution in [3.05, 3.63) is 131 Å². The third-order valence-electron chi connectivity index (χ3n) is 7.86. The summed E-state index contributed by atoms with van der Waals surface area (Å²) in [5.74, 6) is -3.06. The minimum atomic E-state index is -1.23. The van der Waals surface area contributed by atoms with E-state index < -0.39 is 53.6 Å². The number of carbonyl (C=O) groups excluding carboxylic acids is 2. The van der Waals surface area contributed by atoms with Gasteiger partial charge in [-0.05, 0) is 60.0 Å². The van der Waals surface area contributed by atoms with Crippen molar-refractivity contribution in [3.8, 4) is 0 Å². The monoisotopic (exact) mass is 660 g/mol. The standard InChI is InChI=1S/C35H35F3N6O4/c1-20(31-18-40-15-27(48-31)19-47-35(46)43-26-12-3-21(2)42-14-26)13-28-29(38)16-41-17-30(28)44-34(45)33(39)32(22-4-8-24(36)9-5-22)23-6-10-25(37)11-7-23/h3-12,14,16-17,27,31-33,40H,1,13,15,18-19,39H2,2H3,(H,43,46)(H,44,45)/t27-,31-,33?/m0/s1. The van der Waals surface area contributed by atoms with Gasteiger partial charge in [-0.3, -0.25) is 20.1 Å². The number of amides is 2. The van der Waals surface area contributed by atoms with Gasteiger partial charge in [-0.15, -0.1) is 0 Å². The van der Waals surface area contributed by atoms with Gasteiger partial charge in [0, 0.05) is 36.7 Å². The summed E-state index contributed by atoms with van der Waals surface area (Å²) in [6, 6.07) is 13.2. The number of nitrogens with one attached hydrogen (secondary N) is 3. The van der Waals surface area contributed by atoms with Gasteiger partial charge >= 0.3 is 6.09 Å². The Morgan fingerprint density at radius 1 is 0.979 bits per heavy atom. The van der Waals surface area contributed by atoms with Crippen LogP contribution in [0.4, 0.5) is 29.3 Å². The van der Waals surface area contributed by atoms with Crippen LogP contribution in [0.5, 0.6) is 0 Å². The van der Waals surface area contributed by atoms with Crippen molar-refractivity contribution in [2.45, 2.75) is 37.5 Å². The van der Waals surface area contributed by atoms with E-state index in [1.54, 1.807) is 12.1 Å². The van der Waals surface area contributed by atoms with Crippen molar-refractivity contribution < 1.29 is 32.2 Å². The molecule has 3 atom stereocenters. The lowest BCUT2D eigenvalue weighted by molar-refractivity contribution is -0.117. The normalized spacial score (nSPS) is 16.6. The number of morpholine rings is 1. The smallest absolute Gasteiger partial charge is 0.411 e. The molecule has 250 valence electrons. The first-order chi connectivity index (χ1) is 23.1. The molecular formula is C35H35F3N6O4. The first kappa shape index (κ1) is 34.2. The average molecular weight is 661 g/mol. The maximum atomic E-state index is 15.2. The van der Waals surface area contributed by atoms with Crippen LogP contribution in [0.15, 0.2) is 91.4 Å². The SMILES string of the molecule is C=C(Cc1c(F)cncc1NC(=O)C(N)C(c1ccc(F)cc1)c1ccc(F)cc1)[C@@H]1CNC[C@@H](COC(=O)Nc2ccc(C)nc2)O1. The molecule has 1 saturated heterocycles. The quantitative estimate of drug-likeness (QED) is 0.165. The molecule has 1 unspecified atom stereocenters. The van der Waals surface area contributed by atoms with Gasteiger partial charge in [-0.1, -0.05) is 30.8 Å². The fourth-order valence-corrected chi connectivity index (χ4v) is 5.31. The highest BCUT2D eigenvalue weighted by atomic mass is 19.1. The fourth-order valence-electron chi connectivity index (χ4n) is 5.31. The number of rotatable bonds is 11. The molecule has 0 radical (unpaired) electrons. The highest BCUT2D eigenvalue weighted by molar-refractivity contribution is 5.96. The summed E-state index contributed by atoms with van der Waals surface area (Å²) in [5.41, 5.74) is 9.52. The molecule has 1 fully saturated rings. The van der Waals surface area contributed by atoms with Gasteiger partial charge in [0.25, 0.3) is 0 Å². The second-order valence-electron chi connectivity index (χ2n) is 11.4. The number of pyridine rings is 2. The number of halogens is 3. The lowest BCUT2D eigenvalue weighted by Gasteiger charge is -2.32. The molecule has 48 heavy (non-hydrogen) atoms. The minimum Gasteiger partial charge on any atom is -0.446 e. The predicted molar refractivity (Wildman–Crippen MR) is 174 cm³/mol. The van der Waals surface area contributed by atoms with Gasteiger partial charge in [-0.25, -0.2) is 18.0 Å². The molecule has 0 spiro atoms. The van der Waals surface area contributed by atoms with Crippen LogP contribution in [-0.4, -0.2) is 59.9 Å². The van der Waals surface area contributed by atoms with Crippen LogP contribution in [0.1, 0.15) is 28.3 Å². The number of hydrogen-bond acceptors (Lipinski definition) is 8. The van der Waals surface area contributed by atoms with Crippen LogP contribution in [0.3, 0.4) is 0 Å². The first-order valence-electron chi connectivity index (χ1n) is 15.2. The number of aromatic nitrogens is 2. The molecule has 5 N–H and O–H groups in total. The summed E-state index contributed by atoms with van der Waals surface area (Å²) in [7, 11) is 0. The predicted octanol–water partition coefficient (Wildman–Crippen LogP) is 5.00. The number of nitrogens with zero attached hydrogens (tertiary/aromatic N) is 2. The molecule has 13 heteroatoms. The van der Waals surface area contributed by atoms with Gasteiger partial charge in [-0.2, -0.15) is 0 Å². The minimum absolute atomic E-state index is 0.0145. The summed E-state index contributed by atoms with van der Waals surface area (Å²) in [5, 5.41) is 8.50. The van der Waals surface area contributed by atoms with Gasteiger partial charge in [0.05, 0.1) is 42.1 Å². The zero-order valence-electron chi connectivity index (χ0n) is 26.1. The second-order valence-corrected chi connectivity index (χ2v) is 11.4. The number of nitrogens with two attached hydrogens (primary N) is 1. The van der Waals surface area contributed by atoms with E-state index in [2.05, 4.69) is 32.5 Å². The van der Waals surface area contributed by atoms with Gasteiger partial charge < -0.3 is 25.8 Å². The maximum absolute atomic E-state index is 15.2. The molecule has 2 amide bonds. The fraction of sp³-hybridized carbons (Fsp3) is 0.257. The van der Waals surface area contributed by atoms with Crippen LogP contribution in [0.2, 0.25) is 0 Å². The van der Waals surface area contributed by atoms with Crippen LogP contribution >= 0.6 is 0 Å². The number of aryl methyl sites for hydroxylation is 1. The lowest BCUT2D eigenvalue weighted by atomic mass is 9.85. The molecule has 3 heterocycles. The van der Waals surface area contributed by atoms with E-state index in [9.17, 15) is 18.4 Å². The van der Waals surface area contributed by atoms with E-state index >= 15 is 4.39 Å².